The summed E-state index contributed by atoms with van der Waals surface area (Å²) in [4.78, 5) is 35.4. The fraction of sp³-hybridized carbons (Fsp3) is 0.167. The molecule has 10 heteroatoms. The van der Waals surface area contributed by atoms with Crippen LogP contribution >= 0.6 is 23.2 Å². The molecule has 0 saturated carbocycles. The Kier molecular flexibility index (Phi) is 7.14. The lowest BCUT2D eigenvalue weighted by Gasteiger charge is -1.99. The van der Waals surface area contributed by atoms with E-state index < -0.39 is 11.9 Å². The maximum atomic E-state index is 11.0. The van der Waals surface area contributed by atoms with Gasteiger partial charge in [0.1, 0.15) is 0 Å². The van der Waals surface area contributed by atoms with Gasteiger partial charge in [-0.15, -0.1) is 0 Å². The Morgan fingerprint density at radius 3 is 1.77 bits per heavy atom. The minimum Gasteiger partial charge on any atom is -0.478 e. The minimum atomic E-state index is -1.06. The van der Waals surface area contributed by atoms with Crippen molar-refractivity contribution in [2.24, 2.45) is 0 Å². The fourth-order valence-electron chi connectivity index (χ4n) is 1.05. The molecule has 0 bridgehead atoms. The van der Waals surface area contributed by atoms with Crippen LogP contribution in [0.4, 0.5) is 0 Å². The molecule has 2 heterocycles. The van der Waals surface area contributed by atoms with Crippen LogP contribution in [0.25, 0.3) is 0 Å². The molecule has 116 valence electrons. The summed E-state index contributed by atoms with van der Waals surface area (Å²) in [6, 6.07) is 0. The number of hydrogen-bond donors (Lipinski definition) is 1. The van der Waals surface area contributed by atoms with Crippen molar-refractivity contribution in [1.29, 1.82) is 0 Å². The summed E-state index contributed by atoms with van der Waals surface area (Å²) in [5.41, 5.74) is 0.339. The van der Waals surface area contributed by atoms with Gasteiger partial charge in [0.25, 0.3) is 0 Å². The zero-order valence-corrected chi connectivity index (χ0v) is 12.7. The molecule has 0 aliphatic heterocycles. The molecule has 0 unspecified atom stereocenters. The highest BCUT2D eigenvalue weighted by atomic mass is 35.5. The van der Waals surface area contributed by atoms with E-state index in [1.54, 1.807) is 6.92 Å². The van der Waals surface area contributed by atoms with Crippen LogP contribution in [0.1, 0.15) is 27.6 Å². The Hall–Kier alpha value is -2.32. The molecule has 0 saturated heterocycles. The van der Waals surface area contributed by atoms with Gasteiger partial charge >= 0.3 is 11.9 Å². The van der Waals surface area contributed by atoms with Gasteiger partial charge in [0, 0.05) is 24.8 Å². The van der Waals surface area contributed by atoms with E-state index in [-0.39, 0.29) is 16.1 Å². The Morgan fingerprint density at radius 2 is 1.41 bits per heavy atom. The summed E-state index contributed by atoms with van der Waals surface area (Å²) < 4.78 is 4.71. The molecule has 0 fully saturated rings. The number of esters is 1. The molecule has 2 rings (SSSR count). The average molecular weight is 345 g/mol. The maximum Gasteiger partial charge on any atom is 0.341 e. The number of hydrogen-bond acceptors (Lipinski definition) is 7. The zero-order valence-electron chi connectivity index (χ0n) is 11.2. The highest BCUT2D eigenvalue weighted by Gasteiger charge is 2.06. The van der Waals surface area contributed by atoms with Gasteiger partial charge in [-0.25, -0.2) is 29.5 Å². The minimum absolute atomic E-state index is 0.0319. The Morgan fingerprint density at radius 1 is 1.00 bits per heavy atom. The van der Waals surface area contributed by atoms with Crippen molar-refractivity contribution in [3.8, 4) is 0 Å². The van der Waals surface area contributed by atoms with Crippen LogP contribution in [-0.4, -0.2) is 43.6 Å². The van der Waals surface area contributed by atoms with Crippen molar-refractivity contribution >= 4 is 35.1 Å². The lowest BCUT2D eigenvalue weighted by atomic mass is 10.3. The number of aromatic carboxylic acids is 1. The maximum absolute atomic E-state index is 11.0. The smallest absolute Gasteiger partial charge is 0.341 e. The molecule has 2 aromatic heterocycles. The average Bonchev–Trinajstić information content (AvgIpc) is 2.49. The molecule has 2 aromatic rings. The molecule has 8 nitrogen and oxygen atoms in total. The van der Waals surface area contributed by atoms with Crippen LogP contribution in [0.2, 0.25) is 10.6 Å². The van der Waals surface area contributed by atoms with E-state index in [0.717, 1.165) is 12.4 Å². The van der Waals surface area contributed by atoms with Crippen molar-refractivity contribution in [2.45, 2.75) is 6.92 Å². The van der Waals surface area contributed by atoms with Gasteiger partial charge < -0.3 is 9.84 Å². The summed E-state index contributed by atoms with van der Waals surface area (Å²) in [6.07, 6.45) is 4.95. The van der Waals surface area contributed by atoms with Crippen LogP contribution < -0.4 is 0 Å². The molecule has 0 radical (unpaired) electrons. The summed E-state index contributed by atoms with van der Waals surface area (Å²) in [5, 5.41) is 8.51. The van der Waals surface area contributed by atoms with Gasteiger partial charge in [0.15, 0.2) is 0 Å². The van der Waals surface area contributed by atoms with Gasteiger partial charge in [-0.05, 0) is 30.1 Å². The van der Waals surface area contributed by atoms with E-state index in [4.69, 9.17) is 33.0 Å². The lowest BCUT2D eigenvalue weighted by Crippen LogP contribution is -2.05. The van der Waals surface area contributed by atoms with Gasteiger partial charge in [-0.1, -0.05) is 0 Å². The third-order valence-corrected chi connectivity index (χ3v) is 2.39. The van der Waals surface area contributed by atoms with E-state index in [1.807, 2.05) is 0 Å². The molecule has 22 heavy (non-hydrogen) atoms. The standard InChI is InChI=1S/C7H7ClN2O2.C5H3ClN2O2/c1-2-12-6(11)5-3-9-7(8)10-4-5;6-5-7-1-3(2-8-5)4(9)10/h3-4H,2H2,1H3;1-2H,(H,9,10). The quantitative estimate of drug-likeness (QED) is 0.664. The highest BCUT2D eigenvalue weighted by molar-refractivity contribution is 6.28. The second-order valence-electron chi connectivity index (χ2n) is 3.51. The SMILES string of the molecule is CCOC(=O)c1cnc(Cl)nc1.O=C(O)c1cnc(Cl)nc1. The van der Waals surface area contributed by atoms with E-state index in [0.29, 0.717) is 12.2 Å². The third kappa shape index (κ3) is 5.98. The van der Waals surface area contributed by atoms with Crippen LogP contribution in [0.15, 0.2) is 24.8 Å². The van der Waals surface area contributed by atoms with Gasteiger partial charge in [-0.3, -0.25) is 0 Å². The molecular weight excluding hydrogens is 335 g/mol. The fourth-order valence-corrected chi connectivity index (χ4v) is 1.25. The second-order valence-corrected chi connectivity index (χ2v) is 4.18. The number of carboxylic acids is 1. The number of halogens is 2. The number of carboxylic acid groups (broad SMARTS) is 1. The van der Waals surface area contributed by atoms with Gasteiger partial charge in [0.2, 0.25) is 10.6 Å². The summed E-state index contributed by atoms with van der Waals surface area (Å²) >= 11 is 10.7. The normalized spacial score (nSPS) is 9.41. The Balaban J connectivity index is 0.000000224. The van der Waals surface area contributed by atoms with Crippen molar-refractivity contribution in [1.82, 2.24) is 19.9 Å². The largest absolute Gasteiger partial charge is 0.478 e. The Labute approximate surface area is 135 Å². The van der Waals surface area contributed by atoms with Crippen LogP contribution in [0, 0.1) is 0 Å². The van der Waals surface area contributed by atoms with Gasteiger partial charge in [0.05, 0.1) is 17.7 Å². The third-order valence-electron chi connectivity index (χ3n) is 2.00. The Bertz CT molecular complexity index is 635. The van der Waals surface area contributed by atoms with E-state index in [2.05, 4.69) is 19.9 Å². The topological polar surface area (TPSA) is 115 Å². The van der Waals surface area contributed by atoms with E-state index in [1.165, 1.54) is 12.4 Å². The summed E-state index contributed by atoms with van der Waals surface area (Å²) in [6.45, 7) is 2.07. The molecule has 0 spiro atoms. The number of carbonyl (C=O) groups is 2. The first-order chi connectivity index (χ1) is 10.4. The van der Waals surface area contributed by atoms with Crippen LogP contribution in [-0.2, 0) is 4.74 Å². The molecule has 0 atom stereocenters. The number of ether oxygens (including phenoxy) is 1. The molecule has 0 aliphatic rings. The number of rotatable bonds is 3. The van der Waals surface area contributed by atoms with Crippen molar-refractivity contribution in [2.75, 3.05) is 6.61 Å². The molecule has 0 aromatic carbocycles. The van der Waals surface area contributed by atoms with E-state index >= 15 is 0 Å². The predicted molar refractivity (Wildman–Crippen MR) is 77.0 cm³/mol. The van der Waals surface area contributed by atoms with Crippen molar-refractivity contribution in [3.05, 3.63) is 46.5 Å². The lowest BCUT2D eigenvalue weighted by molar-refractivity contribution is 0.0524. The first kappa shape index (κ1) is 17.7. The predicted octanol–water partition coefficient (Wildman–Crippen LogP) is 2.13. The first-order valence-electron chi connectivity index (χ1n) is 5.79. The van der Waals surface area contributed by atoms with Crippen molar-refractivity contribution in [3.63, 3.8) is 0 Å². The summed E-state index contributed by atoms with van der Waals surface area (Å²) in [5.74, 6) is -1.49. The second kappa shape index (κ2) is 8.85. The number of aromatic nitrogens is 4. The van der Waals surface area contributed by atoms with Gasteiger partial charge in [-0.2, -0.15) is 0 Å². The summed E-state index contributed by atoms with van der Waals surface area (Å²) in [7, 11) is 0. The van der Waals surface area contributed by atoms with Crippen LogP contribution in [0.3, 0.4) is 0 Å². The highest BCUT2D eigenvalue weighted by Crippen LogP contribution is 2.02. The first-order valence-corrected chi connectivity index (χ1v) is 6.55. The number of nitrogens with zero attached hydrogens (tertiary/aromatic N) is 4. The molecular formula is C12H10Cl2N4O4. The molecule has 0 aliphatic carbocycles. The zero-order chi connectivity index (χ0) is 16.5. The van der Waals surface area contributed by atoms with E-state index in [9.17, 15) is 9.59 Å². The molecule has 1 N–H and O–H groups in total. The van der Waals surface area contributed by atoms with Crippen LogP contribution in [0.5, 0.6) is 0 Å². The number of carbonyl (C=O) groups excluding carboxylic acids is 1. The molecule has 0 amide bonds. The van der Waals surface area contributed by atoms with Crippen molar-refractivity contribution < 1.29 is 19.4 Å². The monoisotopic (exact) mass is 344 g/mol.